The van der Waals surface area contributed by atoms with Crippen LogP contribution in [0.5, 0.6) is 11.5 Å². The fourth-order valence-corrected chi connectivity index (χ4v) is 5.57. The number of ether oxygens (including phenoxy) is 2. The van der Waals surface area contributed by atoms with Gasteiger partial charge in [-0.1, -0.05) is 12.1 Å². The molecule has 2 fully saturated rings. The van der Waals surface area contributed by atoms with Gasteiger partial charge in [0, 0.05) is 50.2 Å². The van der Waals surface area contributed by atoms with E-state index in [0.29, 0.717) is 25.5 Å². The second-order valence-electron chi connectivity index (χ2n) is 9.88. The van der Waals surface area contributed by atoms with Gasteiger partial charge in [0.2, 0.25) is 0 Å². The summed E-state index contributed by atoms with van der Waals surface area (Å²) in [6.45, 7) is 8.02. The summed E-state index contributed by atoms with van der Waals surface area (Å²) < 4.78 is 25.2. The summed E-state index contributed by atoms with van der Waals surface area (Å²) in [4.78, 5) is 16.3. The maximum absolute atomic E-state index is 13.6. The molecular weight excluding hydrogens is 459 g/mol. The van der Waals surface area contributed by atoms with Crippen LogP contribution in [0.4, 0.5) is 16.0 Å². The number of piperazine rings is 1. The number of hydrogen-bond acceptors (Lipinski definition) is 8. The van der Waals surface area contributed by atoms with Crippen molar-refractivity contribution in [2.75, 3.05) is 69.7 Å². The number of anilines is 2. The third kappa shape index (κ3) is 4.65. The van der Waals surface area contributed by atoms with Crippen LogP contribution in [0, 0.1) is 0 Å². The van der Waals surface area contributed by atoms with Gasteiger partial charge in [-0.25, -0.2) is 14.4 Å². The molecule has 2 N–H and O–H groups in total. The zero-order chi connectivity index (χ0) is 24.5. The molecule has 1 unspecified atom stereocenters. The van der Waals surface area contributed by atoms with Crippen LogP contribution in [0.2, 0.25) is 0 Å². The quantitative estimate of drug-likeness (QED) is 0.658. The molecule has 4 aliphatic rings. The van der Waals surface area contributed by atoms with Crippen molar-refractivity contribution in [1.29, 1.82) is 0 Å². The van der Waals surface area contributed by atoms with Gasteiger partial charge in [-0.05, 0) is 55.8 Å². The van der Waals surface area contributed by atoms with Crippen molar-refractivity contribution >= 4 is 11.6 Å². The lowest BCUT2D eigenvalue weighted by atomic mass is 9.92. The molecule has 1 aliphatic carbocycles. The second kappa shape index (κ2) is 10.1. The SMILES string of the molecule is Nc1ncnc(N2CCN([C@H](CN3CCC3)c3ccc4c(c3)OCCO4)CC2)c1C1C=CC(F)=CC1. The summed E-state index contributed by atoms with van der Waals surface area (Å²) in [5.41, 5.74) is 8.48. The summed E-state index contributed by atoms with van der Waals surface area (Å²) in [6.07, 6.45) is 8.35. The highest BCUT2D eigenvalue weighted by molar-refractivity contribution is 5.60. The van der Waals surface area contributed by atoms with Gasteiger partial charge in [0.05, 0.1) is 0 Å². The number of likely N-dealkylation sites (tertiary alicyclic amines) is 1. The van der Waals surface area contributed by atoms with Crippen molar-refractivity contribution in [3.8, 4) is 11.5 Å². The van der Waals surface area contributed by atoms with E-state index in [1.54, 1.807) is 6.08 Å². The van der Waals surface area contributed by atoms with Crippen molar-refractivity contribution in [3.63, 3.8) is 0 Å². The first-order valence-corrected chi connectivity index (χ1v) is 12.9. The van der Waals surface area contributed by atoms with E-state index in [9.17, 15) is 4.39 Å². The van der Waals surface area contributed by atoms with Crippen LogP contribution >= 0.6 is 0 Å². The number of hydrogen-bond donors (Lipinski definition) is 1. The Balaban J connectivity index is 1.20. The number of fused-ring (bicyclic) bond motifs is 1. The molecule has 0 saturated carbocycles. The summed E-state index contributed by atoms with van der Waals surface area (Å²) in [7, 11) is 0. The average molecular weight is 493 g/mol. The average Bonchev–Trinajstić information content (AvgIpc) is 2.89. The molecule has 4 heterocycles. The van der Waals surface area contributed by atoms with Crippen LogP contribution in [0.15, 0.2) is 48.6 Å². The van der Waals surface area contributed by atoms with Crippen molar-refractivity contribution < 1.29 is 13.9 Å². The van der Waals surface area contributed by atoms with Crippen molar-refractivity contribution in [3.05, 3.63) is 59.7 Å². The minimum Gasteiger partial charge on any atom is -0.486 e. The highest BCUT2D eigenvalue weighted by atomic mass is 19.1. The predicted molar refractivity (Wildman–Crippen MR) is 137 cm³/mol. The van der Waals surface area contributed by atoms with Crippen molar-refractivity contribution in [2.24, 2.45) is 0 Å². The van der Waals surface area contributed by atoms with Crippen molar-refractivity contribution in [1.82, 2.24) is 19.8 Å². The van der Waals surface area contributed by atoms with Crippen LogP contribution in [-0.2, 0) is 0 Å². The molecule has 0 spiro atoms. The van der Waals surface area contributed by atoms with Gasteiger partial charge in [0.15, 0.2) is 11.5 Å². The first-order valence-electron chi connectivity index (χ1n) is 12.9. The largest absolute Gasteiger partial charge is 0.486 e. The van der Waals surface area contributed by atoms with Gasteiger partial charge in [0.25, 0.3) is 0 Å². The predicted octanol–water partition coefficient (Wildman–Crippen LogP) is 3.30. The molecule has 36 heavy (non-hydrogen) atoms. The van der Waals surface area contributed by atoms with Crippen LogP contribution in [0.25, 0.3) is 0 Å². The summed E-state index contributed by atoms with van der Waals surface area (Å²) in [5, 5.41) is 0. The van der Waals surface area contributed by atoms with Crippen LogP contribution in [0.3, 0.4) is 0 Å². The third-order valence-corrected chi connectivity index (χ3v) is 7.70. The molecule has 8 nitrogen and oxygen atoms in total. The Kier molecular flexibility index (Phi) is 6.50. The Morgan fingerprint density at radius 3 is 2.56 bits per heavy atom. The number of nitrogens with two attached hydrogens (primary N) is 1. The van der Waals surface area contributed by atoms with E-state index >= 15 is 0 Å². The molecule has 1 aromatic carbocycles. The number of allylic oxidation sites excluding steroid dienone is 4. The maximum atomic E-state index is 13.6. The molecule has 0 radical (unpaired) electrons. The maximum Gasteiger partial charge on any atom is 0.161 e. The molecule has 9 heteroatoms. The Morgan fingerprint density at radius 2 is 1.83 bits per heavy atom. The van der Waals surface area contributed by atoms with Gasteiger partial charge >= 0.3 is 0 Å². The summed E-state index contributed by atoms with van der Waals surface area (Å²) >= 11 is 0. The standard InChI is InChI=1S/C27H33FN6O2/c28-21-5-2-19(3-6-21)25-26(29)30-18-31-27(25)34-12-10-33(11-13-34)22(17-32-8-1-9-32)20-4-7-23-24(16-20)36-15-14-35-23/h2,4-7,16,18-19,22H,1,3,8-15,17H2,(H2,29,30,31)/t19?,22-/m1/s1. The second-order valence-corrected chi connectivity index (χ2v) is 9.88. The van der Waals surface area contributed by atoms with E-state index in [1.165, 1.54) is 24.4 Å². The van der Waals surface area contributed by atoms with Gasteiger partial charge in [-0.15, -0.1) is 0 Å². The summed E-state index contributed by atoms with van der Waals surface area (Å²) in [6, 6.07) is 6.69. The van der Waals surface area contributed by atoms with Gasteiger partial charge < -0.3 is 25.0 Å². The van der Waals surface area contributed by atoms with Gasteiger partial charge in [-0.2, -0.15) is 0 Å². The van der Waals surface area contributed by atoms with Crippen LogP contribution < -0.4 is 20.1 Å². The Morgan fingerprint density at radius 1 is 1.03 bits per heavy atom. The number of rotatable bonds is 6. The lowest BCUT2D eigenvalue weighted by Crippen LogP contribution is -2.51. The Labute approximate surface area is 211 Å². The molecular formula is C27H33FN6O2. The normalized spacial score (nSPS) is 23.2. The van der Waals surface area contributed by atoms with E-state index in [-0.39, 0.29) is 17.8 Å². The number of benzene rings is 1. The Hall–Kier alpha value is -3.17. The molecule has 190 valence electrons. The fourth-order valence-electron chi connectivity index (χ4n) is 5.57. The molecule has 2 aromatic rings. The number of halogens is 1. The van der Waals surface area contributed by atoms with E-state index < -0.39 is 0 Å². The summed E-state index contributed by atoms with van der Waals surface area (Å²) in [5.74, 6) is 2.79. The highest BCUT2D eigenvalue weighted by Crippen LogP contribution is 2.38. The minimum absolute atomic E-state index is 0.0180. The molecule has 6 rings (SSSR count). The monoisotopic (exact) mass is 492 g/mol. The van der Waals surface area contributed by atoms with Gasteiger partial charge in [0.1, 0.15) is 37.0 Å². The molecule has 0 amide bonds. The molecule has 0 bridgehead atoms. The molecule has 1 aromatic heterocycles. The van der Waals surface area contributed by atoms with E-state index in [0.717, 1.165) is 68.7 Å². The molecule has 3 aliphatic heterocycles. The molecule has 2 atom stereocenters. The Bertz CT molecular complexity index is 1160. The third-order valence-electron chi connectivity index (χ3n) is 7.70. The number of nitrogens with zero attached hydrogens (tertiary/aromatic N) is 5. The smallest absolute Gasteiger partial charge is 0.161 e. The zero-order valence-electron chi connectivity index (χ0n) is 20.5. The number of nitrogen functional groups attached to an aromatic ring is 1. The van der Waals surface area contributed by atoms with Crippen LogP contribution in [0.1, 0.15) is 35.9 Å². The lowest BCUT2D eigenvalue weighted by molar-refractivity contribution is 0.0960. The highest BCUT2D eigenvalue weighted by Gasteiger charge is 2.31. The number of aromatic nitrogens is 2. The first-order chi connectivity index (χ1) is 17.7. The fraction of sp³-hybridized carbons (Fsp3) is 0.481. The van der Waals surface area contributed by atoms with E-state index in [2.05, 4.69) is 36.8 Å². The minimum atomic E-state index is -0.204. The van der Waals surface area contributed by atoms with Crippen LogP contribution in [-0.4, -0.2) is 78.8 Å². The zero-order valence-corrected chi connectivity index (χ0v) is 20.5. The lowest BCUT2D eigenvalue weighted by Gasteiger charge is -2.43. The first kappa shape index (κ1) is 23.2. The van der Waals surface area contributed by atoms with E-state index in [1.807, 2.05) is 12.1 Å². The van der Waals surface area contributed by atoms with Gasteiger partial charge in [-0.3, -0.25) is 4.90 Å². The molecule has 2 saturated heterocycles. The van der Waals surface area contributed by atoms with Crippen molar-refractivity contribution in [2.45, 2.75) is 24.8 Å². The topological polar surface area (TPSA) is 80.0 Å². The van der Waals surface area contributed by atoms with E-state index in [4.69, 9.17) is 15.2 Å².